The van der Waals surface area contributed by atoms with E-state index in [0.717, 1.165) is 17.8 Å². The van der Waals surface area contributed by atoms with E-state index >= 15 is 0 Å². The lowest BCUT2D eigenvalue weighted by Crippen LogP contribution is -2.20. The van der Waals surface area contributed by atoms with Crippen molar-refractivity contribution in [1.29, 1.82) is 0 Å². The van der Waals surface area contributed by atoms with Gasteiger partial charge in [-0.2, -0.15) is 0 Å². The summed E-state index contributed by atoms with van der Waals surface area (Å²) in [4.78, 5) is 14.9. The van der Waals surface area contributed by atoms with Gasteiger partial charge in [0.25, 0.3) is 0 Å². The van der Waals surface area contributed by atoms with Crippen molar-refractivity contribution >= 4 is 23.1 Å². The van der Waals surface area contributed by atoms with Gasteiger partial charge in [-0.05, 0) is 24.6 Å². The summed E-state index contributed by atoms with van der Waals surface area (Å²) in [5, 5.41) is 7.96. The third-order valence-electron chi connectivity index (χ3n) is 2.75. The number of benzene rings is 1. The summed E-state index contributed by atoms with van der Waals surface area (Å²) < 4.78 is 0. The minimum absolute atomic E-state index is 0.212. The number of rotatable bonds is 5. The zero-order valence-electron chi connectivity index (χ0n) is 10.6. The molecule has 0 saturated heterocycles. The standard InChI is InChI=1S/C13H16N4OS/c1-9(15-6-12-7-19-8-16-12)10-2-4-11(5-3-10)17-13(14)18/h2-5,7-9,15H,6H2,1H3,(H3,14,17,18). The molecule has 1 atom stereocenters. The second-order valence-corrected chi connectivity index (χ2v) is 4.91. The summed E-state index contributed by atoms with van der Waals surface area (Å²) in [6.45, 7) is 2.83. The van der Waals surface area contributed by atoms with Crippen LogP contribution in [0.15, 0.2) is 35.2 Å². The predicted octanol–water partition coefficient (Wildman–Crippen LogP) is 2.48. The van der Waals surface area contributed by atoms with Crippen LogP contribution in [0.4, 0.5) is 10.5 Å². The number of hydrogen-bond donors (Lipinski definition) is 3. The lowest BCUT2D eigenvalue weighted by atomic mass is 10.1. The van der Waals surface area contributed by atoms with Gasteiger partial charge in [-0.15, -0.1) is 11.3 Å². The number of nitrogens with one attached hydrogen (secondary N) is 2. The molecular weight excluding hydrogens is 260 g/mol. The monoisotopic (exact) mass is 276 g/mol. The number of carbonyl (C=O) groups is 1. The van der Waals surface area contributed by atoms with E-state index in [1.165, 1.54) is 0 Å². The summed E-state index contributed by atoms with van der Waals surface area (Å²) in [6, 6.07) is 7.25. The van der Waals surface area contributed by atoms with Crippen molar-refractivity contribution in [2.75, 3.05) is 5.32 Å². The van der Waals surface area contributed by atoms with E-state index in [0.29, 0.717) is 5.69 Å². The quantitative estimate of drug-likeness (QED) is 0.785. The minimum Gasteiger partial charge on any atom is -0.351 e. The summed E-state index contributed by atoms with van der Waals surface area (Å²) in [5.74, 6) is 0. The zero-order chi connectivity index (χ0) is 13.7. The van der Waals surface area contributed by atoms with Crippen LogP contribution in [0.1, 0.15) is 24.2 Å². The van der Waals surface area contributed by atoms with E-state index in [9.17, 15) is 4.79 Å². The number of urea groups is 1. The predicted molar refractivity (Wildman–Crippen MR) is 77.0 cm³/mol. The maximum atomic E-state index is 10.7. The Kier molecular flexibility index (Phi) is 4.48. The SMILES string of the molecule is CC(NCc1cscn1)c1ccc(NC(N)=O)cc1. The van der Waals surface area contributed by atoms with Gasteiger partial charge in [0.2, 0.25) is 0 Å². The highest BCUT2D eigenvalue weighted by atomic mass is 32.1. The van der Waals surface area contributed by atoms with Gasteiger partial charge < -0.3 is 16.4 Å². The third kappa shape index (κ3) is 4.04. The maximum absolute atomic E-state index is 10.7. The molecule has 1 unspecified atom stereocenters. The van der Waals surface area contributed by atoms with E-state index in [1.54, 1.807) is 11.3 Å². The fourth-order valence-electron chi connectivity index (χ4n) is 1.70. The summed E-state index contributed by atoms with van der Waals surface area (Å²) in [6.07, 6.45) is 0. The maximum Gasteiger partial charge on any atom is 0.316 e. The molecule has 0 saturated carbocycles. The van der Waals surface area contributed by atoms with Gasteiger partial charge >= 0.3 is 6.03 Å². The highest BCUT2D eigenvalue weighted by Crippen LogP contribution is 2.16. The highest BCUT2D eigenvalue weighted by molar-refractivity contribution is 7.07. The number of hydrogen-bond acceptors (Lipinski definition) is 4. The first-order chi connectivity index (χ1) is 9.15. The van der Waals surface area contributed by atoms with Crippen LogP contribution in [0, 0.1) is 0 Å². The Bertz CT molecular complexity index is 524. The largest absolute Gasteiger partial charge is 0.351 e. The molecule has 1 heterocycles. The minimum atomic E-state index is -0.553. The van der Waals surface area contributed by atoms with Crippen LogP contribution in [-0.2, 0) is 6.54 Å². The van der Waals surface area contributed by atoms with Gasteiger partial charge in [-0.3, -0.25) is 0 Å². The number of thiazole rings is 1. The summed E-state index contributed by atoms with van der Waals surface area (Å²) in [7, 11) is 0. The highest BCUT2D eigenvalue weighted by Gasteiger charge is 2.06. The van der Waals surface area contributed by atoms with Gasteiger partial charge in [-0.1, -0.05) is 12.1 Å². The Morgan fingerprint density at radius 2 is 2.16 bits per heavy atom. The molecule has 5 nitrogen and oxygen atoms in total. The van der Waals surface area contributed by atoms with Gasteiger partial charge in [0, 0.05) is 23.7 Å². The normalized spacial score (nSPS) is 12.1. The fourth-order valence-corrected chi connectivity index (χ4v) is 2.26. The topological polar surface area (TPSA) is 80.0 Å². The number of carbonyl (C=O) groups excluding carboxylic acids is 1. The Balaban J connectivity index is 1.91. The smallest absolute Gasteiger partial charge is 0.316 e. The average molecular weight is 276 g/mol. The Hall–Kier alpha value is -1.92. The molecule has 1 aromatic carbocycles. The van der Waals surface area contributed by atoms with Gasteiger partial charge in [0.05, 0.1) is 11.2 Å². The fraction of sp³-hybridized carbons (Fsp3) is 0.231. The molecule has 2 rings (SSSR count). The Morgan fingerprint density at radius 3 is 2.74 bits per heavy atom. The number of anilines is 1. The number of nitrogens with two attached hydrogens (primary N) is 1. The second kappa shape index (κ2) is 6.31. The van der Waals surface area contributed by atoms with Crippen molar-refractivity contribution < 1.29 is 4.79 Å². The van der Waals surface area contributed by atoms with E-state index in [2.05, 4.69) is 22.5 Å². The molecule has 19 heavy (non-hydrogen) atoms. The van der Waals surface area contributed by atoms with Crippen LogP contribution >= 0.6 is 11.3 Å². The summed E-state index contributed by atoms with van der Waals surface area (Å²) >= 11 is 1.59. The lowest BCUT2D eigenvalue weighted by molar-refractivity contribution is 0.259. The van der Waals surface area contributed by atoms with Crippen LogP contribution in [0.5, 0.6) is 0 Å². The average Bonchev–Trinajstić information content (AvgIpc) is 2.89. The van der Waals surface area contributed by atoms with Crippen LogP contribution in [-0.4, -0.2) is 11.0 Å². The molecule has 0 spiro atoms. The van der Waals surface area contributed by atoms with Crippen molar-refractivity contribution in [3.63, 3.8) is 0 Å². The molecule has 0 fully saturated rings. The number of nitrogens with zero attached hydrogens (tertiary/aromatic N) is 1. The molecule has 0 bridgehead atoms. The van der Waals surface area contributed by atoms with E-state index in [-0.39, 0.29) is 6.04 Å². The molecule has 0 aliphatic rings. The second-order valence-electron chi connectivity index (χ2n) is 4.19. The number of aromatic nitrogens is 1. The number of primary amides is 1. The molecule has 0 aliphatic heterocycles. The molecule has 0 aliphatic carbocycles. The van der Waals surface area contributed by atoms with Crippen LogP contribution in [0.3, 0.4) is 0 Å². The third-order valence-corrected chi connectivity index (χ3v) is 3.39. The van der Waals surface area contributed by atoms with Crippen LogP contribution in [0.2, 0.25) is 0 Å². The first kappa shape index (κ1) is 13.5. The van der Waals surface area contributed by atoms with E-state index in [1.807, 2.05) is 35.2 Å². The Morgan fingerprint density at radius 1 is 1.42 bits per heavy atom. The van der Waals surface area contributed by atoms with E-state index in [4.69, 9.17) is 5.73 Å². The van der Waals surface area contributed by atoms with Crippen LogP contribution < -0.4 is 16.4 Å². The van der Waals surface area contributed by atoms with Crippen molar-refractivity contribution in [3.8, 4) is 0 Å². The molecule has 6 heteroatoms. The van der Waals surface area contributed by atoms with Crippen molar-refractivity contribution in [2.45, 2.75) is 19.5 Å². The number of amides is 2. The van der Waals surface area contributed by atoms with Gasteiger partial charge in [0.1, 0.15) is 0 Å². The molecule has 2 aromatic rings. The van der Waals surface area contributed by atoms with Crippen molar-refractivity contribution in [1.82, 2.24) is 10.3 Å². The van der Waals surface area contributed by atoms with Crippen molar-refractivity contribution in [3.05, 3.63) is 46.4 Å². The molecular formula is C13H16N4OS. The molecule has 4 N–H and O–H groups in total. The molecule has 100 valence electrons. The first-order valence-corrected chi connectivity index (χ1v) is 6.86. The lowest BCUT2D eigenvalue weighted by Gasteiger charge is -2.14. The Labute approximate surface area is 115 Å². The summed E-state index contributed by atoms with van der Waals surface area (Å²) in [5.41, 5.74) is 9.77. The van der Waals surface area contributed by atoms with Crippen LogP contribution in [0.25, 0.3) is 0 Å². The molecule has 2 amide bonds. The van der Waals surface area contributed by atoms with Gasteiger partial charge in [-0.25, -0.2) is 9.78 Å². The van der Waals surface area contributed by atoms with Crippen molar-refractivity contribution in [2.24, 2.45) is 5.73 Å². The van der Waals surface area contributed by atoms with Gasteiger partial charge in [0.15, 0.2) is 0 Å². The van der Waals surface area contributed by atoms with E-state index < -0.39 is 6.03 Å². The first-order valence-electron chi connectivity index (χ1n) is 5.92. The molecule has 1 aromatic heterocycles. The zero-order valence-corrected chi connectivity index (χ0v) is 11.4. The molecule has 0 radical (unpaired) electrons.